The number of carbonyl (C=O) groups is 2. The topological polar surface area (TPSA) is 83.3 Å². The van der Waals surface area contributed by atoms with Crippen molar-refractivity contribution in [2.75, 3.05) is 13.2 Å². The maximum atomic E-state index is 11.4. The molecule has 0 aromatic carbocycles. The second-order valence-corrected chi connectivity index (χ2v) is 3.62. The molecular weight excluding hydrogens is 226 g/mol. The molecule has 0 amide bonds. The van der Waals surface area contributed by atoms with Gasteiger partial charge in [0, 0.05) is 6.92 Å². The normalized spacial score (nSPS) is 10.4. The van der Waals surface area contributed by atoms with E-state index in [1.54, 1.807) is 0 Å². The molecule has 0 N–H and O–H groups in total. The van der Waals surface area contributed by atoms with E-state index in [9.17, 15) is 9.59 Å². The van der Waals surface area contributed by atoms with Crippen LogP contribution in [-0.4, -0.2) is 40.1 Å². The Balaban J connectivity index is 2.39. The molecule has 94 valence electrons. The molecular formula is C10H15N3O4. The molecule has 0 unspecified atom stereocenters. The van der Waals surface area contributed by atoms with Crippen molar-refractivity contribution in [1.82, 2.24) is 15.0 Å². The van der Waals surface area contributed by atoms with Crippen molar-refractivity contribution < 1.29 is 19.1 Å². The SMILES string of the molecule is CC(=O)OCCOC(=O)c1cnn(C(C)C)n1. The van der Waals surface area contributed by atoms with Crippen molar-refractivity contribution in [2.24, 2.45) is 0 Å². The van der Waals surface area contributed by atoms with Gasteiger partial charge >= 0.3 is 11.9 Å². The summed E-state index contributed by atoms with van der Waals surface area (Å²) in [4.78, 5) is 23.3. The average Bonchev–Trinajstić information content (AvgIpc) is 2.73. The second kappa shape index (κ2) is 5.97. The van der Waals surface area contributed by atoms with Crippen LogP contribution in [0.1, 0.15) is 37.3 Å². The highest BCUT2D eigenvalue weighted by Gasteiger charge is 2.13. The highest BCUT2D eigenvalue weighted by Crippen LogP contribution is 2.02. The largest absolute Gasteiger partial charge is 0.462 e. The number of hydrogen-bond donors (Lipinski definition) is 0. The first-order valence-corrected chi connectivity index (χ1v) is 5.23. The molecule has 0 aliphatic heterocycles. The predicted octanol–water partition coefficient (Wildman–Crippen LogP) is 0.579. The maximum absolute atomic E-state index is 11.4. The summed E-state index contributed by atoms with van der Waals surface area (Å²) >= 11 is 0. The maximum Gasteiger partial charge on any atom is 0.360 e. The van der Waals surface area contributed by atoms with Gasteiger partial charge in [0.1, 0.15) is 13.2 Å². The summed E-state index contributed by atoms with van der Waals surface area (Å²) in [5, 5.41) is 7.86. The first-order chi connectivity index (χ1) is 8.00. The molecule has 1 aromatic heterocycles. The van der Waals surface area contributed by atoms with Crippen LogP contribution >= 0.6 is 0 Å². The minimum atomic E-state index is -0.580. The van der Waals surface area contributed by atoms with Gasteiger partial charge in [0.05, 0.1) is 12.2 Å². The van der Waals surface area contributed by atoms with Crippen LogP contribution in [0.15, 0.2) is 6.20 Å². The number of carbonyl (C=O) groups excluding carboxylic acids is 2. The number of hydrogen-bond acceptors (Lipinski definition) is 6. The van der Waals surface area contributed by atoms with Gasteiger partial charge < -0.3 is 9.47 Å². The molecule has 1 rings (SSSR count). The van der Waals surface area contributed by atoms with Gasteiger partial charge in [-0.1, -0.05) is 0 Å². The minimum absolute atomic E-state index is 0.00690. The Hall–Kier alpha value is -1.92. The van der Waals surface area contributed by atoms with Crippen LogP contribution in [0, 0.1) is 0 Å². The van der Waals surface area contributed by atoms with Crippen molar-refractivity contribution in [3.63, 3.8) is 0 Å². The van der Waals surface area contributed by atoms with Crippen LogP contribution in [0.5, 0.6) is 0 Å². The highest BCUT2D eigenvalue weighted by molar-refractivity contribution is 5.86. The standard InChI is InChI=1S/C10H15N3O4/c1-7(2)13-11-6-9(12-13)10(15)17-5-4-16-8(3)14/h6-7H,4-5H2,1-3H3. The summed E-state index contributed by atoms with van der Waals surface area (Å²) in [6.45, 7) is 5.13. The summed E-state index contributed by atoms with van der Waals surface area (Å²) in [6.07, 6.45) is 1.34. The summed E-state index contributed by atoms with van der Waals surface area (Å²) < 4.78 is 9.45. The van der Waals surface area contributed by atoms with Crippen LogP contribution < -0.4 is 0 Å². The van der Waals surface area contributed by atoms with Crippen LogP contribution in [0.3, 0.4) is 0 Å². The Morgan fingerprint density at radius 2 is 2.00 bits per heavy atom. The van der Waals surface area contributed by atoms with E-state index in [1.807, 2.05) is 13.8 Å². The van der Waals surface area contributed by atoms with Crippen LogP contribution in [0.4, 0.5) is 0 Å². The Morgan fingerprint density at radius 1 is 1.35 bits per heavy atom. The summed E-state index contributed by atoms with van der Waals surface area (Å²) in [5.74, 6) is -0.990. The van der Waals surface area contributed by atoms with Gasteiger partial charge in [0.15, 0.2) is 5.69 Å². The molecule has 0 atom stereocenters. The van der Waals surface area contributed by atoms with Crippen LogP contribution in [-0.2, 0) is 14.3 Å². The fraction of sp³-hybridized carbons (Fsp3) is 0.600. The molecule has 7 heteroatoms. The zero-order valence-electron chi connectivity index (χ0n) is 10.0. The quantitative estimate of drug-likeness (QED) is 0.554. The lowest BCUT2D eigenvalue weighted by molar-refractivity contribution is -0.142. The first-order valence-electron chi connectivity index (χ1n) is 5.23. The van der Waals surface area contributed by atoms with Crippen LogP contribution in [0.2, 0.25) is 0 Å². The molecule has 0 aliphatic rings. The fourth-order valence-corrected chi connectivity index (χ4v) is 1.01. The molecule has 7 nitrogen and oxygen atoms in total. The summed E-state index contributed by atoms with van der Waals surface area (Å²) in [6, 6.07) is 0.0811. The Kier molecular flexibility index (Phi) is 4.62. The van der Waals surface area contributed by atoms with Gasteiger partial charge in [-0.25, -0.2) is 4.79 Å². The number of ether oxygens (including phenoxy) is 2. The Morgan fingerprint density at radius 3 is 2.53 bits per heavy atom. The number of esters is 2. The van der Waals surface area contributed by atoms with E-state index in [1.165, 1.54) is 17.9 Å². The molecule has 1 aromatic rings. The zero-order valence-corrected chi connectivity index (χ0v) is 10.0. The zero-order chi connectivity index (χ0) is 12.8. The summed E-state index contributed by atoms with van der Waals surface area (Å²) in [5.41, 5.74) is 0.140. The lowest BCUT2D eigenvalue weighted by atomic mass is 10.4. The van der Waals surface area contributed by atoms with Crippen molar-refractivity contribution in [3.05, 3.63) is 11.9 Å². The van der Waals surface area contributed by atoms with E-state index in [-0.39, 0.29) is 24.9 Å². The van der Waals surface area contributed by atoms with Gasteiger partial charge in [-0.3, -0.25) is 4.79 Å². The Bertz CT molecular complexity index is 400. The minimum Gasteiger partial charge on any atom is -0.462 e. The fourth-order valence-electron chi connectivity index (χ4n) is 1.01. The lowest BCUT2D eigenvalue weighted by Gasteiger charge is -2.03. The number of rotatable bonds is 5. The van der Waals surface area contributed by atoms with Crippen molar-refractivity contribution >= 4 is 11.9 Å². The molecule has 0 spiro atoms. The first kappa shape index (κ1) is 13.1. The molecule has 0 radical (unpaired) electrons. The smallest absolute Gasteiger partial charge is 0.360 e. The highest BCUT2D eigenvalue weighted by atomic mass is 16.6. The van der Waals surface area contributed by atoms with E-state index < -0.39 is 11.9 Å². The lowest BCUT2D eigenvalue weighted by Crippen LogP contribution is -2.13. The second-order valence-electron chi connectivity index (χ2n) is 3.62. The summed E-state index contributed by atoms with van der Waals surface area (Å²) in [7, 11) is 0. The number of aromatic nitrogens is 3. The molecule has 0 saturated carbocycles. The van der Waals surface area contributed by atoms with E-state index in [4.69, 9.17) is 4.74 Å². The number of nitrogens with zero attached hydrogens (tertiary/aromatic N) is 3. The molecule has 0 bridgehead atoms. The average molecular weight is 241 g/mol. The third kappa shape index (κ3) is 4.21. The monoisotopic (exact) mass is 241 g/mol. The van der Waals surface area contributed by atoms with Crippen LogP contribution in [0.25, 0.3) is 0 Å². The van der Waals surface area contributed by atoms with E-state index in [0.29, 0.717) is 0 Å². The van der Waals surface area contributed by atoms with Crippen molar-refractivity contribution in [2.45, 2.75) is 26.8 Å². The van der Waals surface area contributed by atoms with Gasteiger partial charge in [-0.15, -0.1) is 5.10 Å². The van der Waals surface area contributed by atoms with Gasteiger partial charge in [0.2, 0.25) is 0 Å². The van der Waals surface area contributed by atoms with Gasteiger partial charge in [-0.2, -0.15) is 9.90 Å². The van der Waals surface area contributed by atoms with Gasteiger partial charge in [-0.05, 0) is 13.8 Å². The molecule has 1 heterocycles. The predicted molar refractivity (Wildman–Crippen MR) is 57.3 cm³/mol. The molecule has 0 fully saturated rings. The van der Waals surface area contributed by atoms with E-state index in [0.717, 1.165) is 0 Å². The molecule has 0 saturated heterocycles. The van der Waals surface area contributed by atoms with E-state index in [2.05, 4.69) is 14.9 Å². The third-order valence-electron chi connectivity index (χ3n) is 1.80. The van der Waals surface area contributed by atoms with Gasteiger partial charge in [0.25, 0.3) is 0 Å². The third-order valence-corrected chi connectivity index (χ3v) is 1.80. The van der Waals surface area contributed by atoms with Crippen molar-refractivity contribution in [3.8, 4) is 0 Å². The molecule has 17 heavy (non-hydrogen) atoms. The molecule has 0 aliphatic carbocycles. The Labute approximate surface area is 98.7 Å². The van der Waals surface area contributed by atoms with Crippen molar-refractivity contribution in [1.29, 1.82) is 0 Å². The van der Waals surface area contributed by atoms with E-state index >= 15 is 0 Å².